The van der Waals surface area contributed by atoms with E-state index < -0.39 is 12.0 Å². The standard InChI is InChI=1S/C27H35N3O3/c1-28(19-22-11-5-2-6-12-22)26(33)29-17-18-30(24(20-29)25(31)32)21-27(15-9-4-10-16-27)23-13-7-3-8-14-23/h2-3,5-8,11-14,24H,4,9-10,15-21H2,1H3,(H,31,32)/t24-/m0/s1. The second kappa shape index (κ2) is 10.4. The first-order valence-corrected chi connectivity index (χ1v) is 12.0. The number of urea groups is 1. The van der Waals surface area contributed by atoms with Gasteiger partial charge in [-0.15, -0.1) is 0 Å². The van der Waals surface area contributed by atoms with Gasteiger partial charge in [-0.1, -0.05) is 79.9 Å². The zero-order chi connectivity index (χ0) is 23.3. The van der Waals surface area contributed by atoms with Gasteiger partial charge in [0.1, 0.15) is 6.04 Å². The number of benzene rings is 2. The lowest BCUT2D eigenvalue weighted by Gasteiger charge is -2.47. The molecule has 1 saturated heterocycles. The maximum atomic E-state index is 13.1. The summed E-state index contributed by atoms with van der Waals surface area (Å²) in [5.74, 6) is -0.850. The van der Waals surface area contributed by atoms with Crippen LogP contribution in [0.15, 0.2) is 60.7 Å². The number of carbonyl (C=O) groups excluding carboxylic acids is 1. The van der Waals surface area contributed by atoms with Crippen molar-refractivity contribution in [1.82, 2.24) is 14.7 Å². The predicted octanol–water partition coefficient (Wildman–Crippen LogP) is 4.21. The molecule has 1 atom stereocenters. The Labute approximate surface area is 196 Å². The minimum Gasteiger partial charge on any atom is -0.480 e. The molecule has 2 aromatic carbocycles. The molecule has 33 heavy (non-hydrogen) atoms. The van der Waals surface area contributed by atoms with E-state index in [9.17, 15) is 14.7 Å². The van der Waals surface area contributed by atoms with Crippen LogP contribution in [0.5, 0.6) is 0 Å². The number of piperazine rings is 1. The first kappa shape index (κ1) is 23.3. The molecule has 4 rings (SSSR count). The van der Waals surface area contributed by atoms with Gasteiger partial charge in [0.05, 0.1) is 0 Å². The number of rotatable bonds is 6. The third-order valence-corrected chi connectivity index (χ3v) is 7.34. The van der Waals surface area contributed by atoms with E-state index >= 15 is 0 Å². The third-order valence-electron chi connectivity index (χ3n) is 7.34. The molecular formula is C27H35N3O3. The van der Waals surface area contributed by atoms with Gasteiger partial charge in [-0.05, 0) is 24.0 Å². The number of carboxylic acids is 1. The normalized spacial score (nSPS) is 20.9. The maximum Gasteiger partial charge on any atom is 0.322 e. The lowest BCUT2D eigenvalue weighted by Crippen LogP contribution is -2.61. The maximum absolute atomic E-state index is 13.1. The molecule has 0 bridgehead atoms. The molecule has 2 amide bonds. The fraction of sp³-hybridized carbons (Fsp3) is 0.481. The molecule has 1 saturated carbocycles. The average Bonchev–Trinajstić information content (AvgIpc) is 2.85. The van der Waals surface area contributed by atoms with Crippen LogP contribution in [0.25, 0.3) is 0 Å². The highest BCUT2D eigenvalue weighted by molar-refractivity contribution is 5.78. The number of carbonyl (C=O) groups is 2. The van der Waals surface area contributed by atoms with Gasteiger partial charge in [0.15, 0.2) is 0 Å². The fourth-order valence-electron chi connectivity index (χ4n) is 5.53. The van der Waals surface area contributed by atoms with Crippen LogP contribution < -0.4 is 0 Å². The first-order chi connectivity index (χ1) is 16.0. The van der Waals surface area contributed by atoms with Crippen molar-refractivity contribution in [2.75, 3.05) is 33.2 Å². The summed E-state index contributed by atoms with van der Waals surface area (Å²) in [5.41, 5.74) is 2.36. The van der Waals surface area contributed by atoms with Crippen LogP contribution in [-0.4, -0.2) is 71.1 Å². The Kier molecular flexibility index (Phi) is 7.33. The number of nitrogens with zero attached hydrogens (tertiary/aromatic N) is 3. The van der Waals surface area contributed by atoms with Gasteiger partial charge in [0.2, 0.25) is 0 Å². The van der Waals surface area contributed by atoms with Gasteiger partial charge in [0, 0.05) is 45.2 Å². The molecule has 2 fully saturated rings. The molecular weight excluding hydrogens is 414 g/mol. The molecule has 176 valence electrons. The summed E-state index contributed by atoms with van der Waals surface area (Å²) in [6, 6.07) is 19.7. The van der Waals surface area contributed by atoms with Crippen molar-refractivity contribution < 1.29 is 14.7 Å². The zero-order valence-corrected chi connectivity index (χ0v) is 19.5. The summed E-state index contributed by atoms with van der Waals surface area (Å²) < 4.78 is 0. The molecule has 1 heterocycles. The molecule has 1 N–H and O–H groups in total. The molecule has 1 aliphatic heterocycles. The lowest BCUT2D eigenvalue weighted by molar-refractivity contribution is -0.145. The van der Waals surface area contributed by atoms with Crippen LogP contribution in [0.4, 0.5) is 4.79 Å². The Morgan fingerprint density at radius 3 is 2.24 bits per heavy atom. The van der Waals surface area contributed by atoms with Crippen LogP contribution in [-0.2, 0) is 16.8 Å². The molecule has 6 heteroatoms. The Morgan fingerprint density at radius 2 is 1.61 bits per heavy atom. The molecule has 6 nitrogen and oxygen atoms in total. The number of carboxylic acid groups (broad SMARTS) is 1. The number of hydrogen-bond donors (Lipinski definition) is 1. The lowest BCUT2D eigenvalue weighted by atomic mass is 9.69. The van der Waals surface area contributed by atoms with E-state index in [2.05, 4.69) is 29.2 Å². The Balaban J connectivity index is 1.46. The monoisotopic (exact) mass is 449 g/mol. The smallest absolute Gasteiger partial charge is 0.322 e. The van der Waals surface area contributed by atoms with Crippen molar-refractivity contribution in [3.63, 3.8) is 0 Å². The topological polar surface area (TPSA) is 64.1 Å². The van der Waals surface area contributed by atoms with E-state index in [1.807, 2.05) is 36.4 Å². The fourth-order valence-corrected chi connectivity index (χ4v) is 5.53. The van der Waals surface area contributed by atoms with Gasteiger partial charge in [-0.2, -0.15) is 0 Å². The zero-order valence-electron chi connectivity index (χ0n) is 19.5. The van der Waals surface area contributed by atoms with E-state index in [4.69, 9.17) is 0 Å². The van der Waals surface area contributed by atoms with Crippen LogP contribution in [0.3, 0.4) is 0 Å². The quantitative estimate of drug-likeness (QED) is 0.718. The summed E-state index contributed by atoms with van der Waals surface area (Å²) in [7, 11) is 1.78. The van der Waals surface area contributed by atoms with Crippen molar-refractivity contribution in [2.24, 2.45) is 0 Å². The van der Waals surface area contributed by atoms with E-state index in [0.29, 0.717) is 19.6 Å². The highest BCUT2D eigenvalue weighted by Gasteiger charge is 2.41. The van der Waals surface area contributed by atoms with Crippen LogP contribution in [0.1, 0.15) is 43.2 Å². The Bertz CT molecular complexity index is 928. The van der Waals surface area contributed by atoms with Gasteiger partial charge in [-0.25, -0.2) is 4.79 Å². The van der Waals surface area contributed by atoms with Crippen molar-refractivity contribution in [2.45, 2.75) is 50.1 Å². The second-order valence-corrected chi connectivity index (χ2v) is 9.60. The van der Waals surface area contributed by atoms with Gasteiger partial charge >= 0.3 is 12.0 Å². The molecule has 2 aliphatic rings. The minimum absolute atomic E-state index is 0.0104. The van der Waals surface area contributed by atoms with Crippen molar-refractivity contribution in [1.29, 1.82) is 0 Å². The Hall–Kier alpha value is -2.86. The molecule has 0 aromatic heterocycles. The molecule has 0 radical (unpaired) electrons. The highest BCUT2D eigenvalue weighted by atomic mass is 16.4. The second-order valence-electron chi connectivity index (χ2n) is 9.60. The van der Waals surface area contributed by atoms with E-state index in [1.165, 1.54) is 24.8 Å². The largest absolute Gasteiger partial charge is 0.480 e. The Morgan fingerprint density at radius 1 is 0.970 bits per heavy atom. The van der Waals surface area contributed by atoms with E-state index in [1.54, 1.807) is 16.8 Å². The summed E-state index contributed by atoms with van der Waals surface area (Å²) in [6.45, 7) is 2.59. The highest BCUT2D eigenvalue weighted by Crippen LogP contribution is 2.40. The SMILES string of the molecule is CN(Cc1ccccc1)C(=O)N1CCN(CC2(c3ccccc3)CCCCC2)[C@H](C(=O)O)C1. The van der Waals surface area contributed by atoms with Crippen LogP contribution in [0.2, 0.25) is 0 Å². The number of aliphatic carboxylic acids is 1. The van der Waals surface area contributed by atoms with Crippen molar-refractivity contribution in [3.05, 3.63) is 71.8 Å². The first-order valence-electron chi connectivity index (χ1n) is 12.0. The molecule has 0 unspecified atom stereocenters. The van der Waals surface area contributed by atoms with Gasteiger partial charge in [-0.3, -0.25) is 9.69 Å². The summed E-state index contributed by atoms with van der Waals surface area (Å²) in [5, 5.41) is 10.1. The van der Waals surface area contributed by atoms with Crippen molar-refractivity contribution in [3.8, 4) is 0 Å². The van der Waals surface area contributed by atoms with Crippen molar-refractivity contribution >= 4 is 12.0 Å². The molecule has 1 aliphatic carbocycles. The van der Waals surface area contributed by atoms with Crippen LogP contribution in [0, 0.1) is 0 Å². The summed E-state index contributed by atoms with van der Waals surface area (Å²) in [4.78, 5) is 30.9. The number of amides is 2. The third kappa shape index (κ3) is 5.38. The van der Waals surface area contributed by atoms with E-state index in [0.717, 1.165) is 24.9 Å². The molecule has 0 spiro atoms. The van der Waals surface area contributed by atoms with Gasteiger partial charge in [0.25, 0.3) is 0 Å². The van der Waals surface area contributed by atoms with Gasteiger partial charge < -0.3 is 14.9 Å². The molecule has 2 aromatic rings. The van der Waals surface area contributed by atoms with E-state index in [-0.39, 0.29) is 18.0 Å². The van der Waals surface area contributed by atoms with Crippen LogP contribution >= 0.6 is 0 Å². The minimum atomic E-state index is -0.850. The average molecular weight is 450 g/mol. The predicted molar refractivity (Wildman–Crippen MR) is 129 cm³/mol. The summed E-state index contributed by atoms with van der Waals surface area (Å²) in [6.07, 6.45) is 5.77. The summed E-state index contributed by atoms with van der Waals surface area (Å²) >= 11 is 0. The number of hydrogen-bond acceptors (Lipinski definition) is 3.